The highest BCUT2D eigenvalue weighted by Gasteiger charge is 2.46. The van der Waals surface area contributed by atoms with Crippen molar-refractivity contribution in [2.45, 2.75) is 104 Å². The molecule has 7 heteroatoms. The molecular formula is C31H45N5O2. The molecule has 0 spiro atoms. The lowest BCUT2D eigenvalue weighted by Crippen LogP contribution is -2.67. The van der Waals surface area contributed by atoms with Gasteiger partial charge in [-0.3, -0.25) is 14.5 Å². The number of piperazine rings is 1. The van der Waals surface area contributed by atoms with E-state index in [0.717, 1.165) is 50.3 Å². The number of carbonyl (C=O) groups excluding carboxylic acids is 2. The van der Waals surface area contributed by atoms with E-state index in [4.69, 9.17) is 5.10 Å². The summed E-state index contributed by atoms with van der Waals surface area (Å²) in [6.45, 7) is 11.1. The van der Waals surface area contributed by atoms with Crippen LogP contribution >= 0.6 is 0 Å². The van der Waals surface area contributed by atoms with Gasteiger partial charge in [0.2, 0.25) is 11.8 Å². The molecular weight excluding hydrogens is 474 g/mol. The molecule has 3 fully saturated rings. The lowest BCUT2D eigenvalue weighted by molar-refractivity contribution is -0.155. The van der Waals surface area contributed by atoms with E-state index in [0.29, 0.717) is 5.92 Å². The number of aryl methyl sites for hydroxylation is 1. The van der Waals surface area contributed by atoms with Gasteiger partial charge in [0.05, 0.1) is 11.4 Å². The predicted octanol–water partition coefficient (Wildman–Crippen LogP) is 4.78. The Balaban J connectivity index is 1.23. The van der Waals surface area contributed by atoms with Crippen LogP contribution in [0, 0.1) is 25.7 Å². The summed E-state index contributed by atoms with van der Waals surface area (Å²) >= 11 is 0. The average molecular weight is 520 g/mol. The maximum Gasteiger partial charge on any atom is 0.246 e. The summed E-state index contributed by atoms with van der Waals surface area (Å²) in [6, 6.07) is 9.61. The molecule has 5 rings (SSSR count). The number of hydrogen-bond acceptors (Lipinski definition) is 4. The molecule has 1 aromatic carbocycles. The zero-order valence-corrected chi connectivity index (χ0v) is 23.7. The van der Waals surface area contributed by atoms with Crippen molar-refractivity contribution >= 4 is 11.8 Å². The summed E-state index contributed by atoms with van der Waals surface area (Å²) in [5.41, 5.74) is 4.62. The molecule has 1 unspecified atom stereocenters. The number of nitrogens with one attached hydrogen (secondary N) is 1. The van der Waals surface area contributed by atoms with E-state index >= 15 is 0 Å². The maximum absolute atomic E-state index is 13.6. The van der Waals surface area contributed by atoms with Gasteiger partial charge in [-0.2, -0.15) is 5.10 Å². The lowest BCUT2D eigenvalue weighted by atomic mass is 9.81. The van der Waals surface area contributed by atoms with Gasteiger partial charge in [-0.1, -0.05) is 50.3 Å². The van der Waals surface area contributed by atoms with Crippen molar-refractivity contribution in [1.82, 2.24) is 24.9 Å². The molecule has 7 nitrogen and oxygen atoms in total. The Morgan fingerprint density at radius 3 is 2.32 bits per heavy atom. The Bertz CT molecular complexity index is 1110. The van der Waals surface area contributed by atoms with Crippen LogP contribution in [-0.4, -0.2) is 62.6 Å². The first-order valence-electron chi connectivity index (χ1n) is 14.8. The Labute approximate surface area is 227 Å². The minimum Gasteiger partial charge on any atom is -0.342 e. The van der Waals surface area contributed by atoms with Crippen molar-refractivity contribution in [2.75, 3.05) is 13.1 Å². The summed E-state index contributed by atoms with van der Waals surface area (Å²) < 4.78 is 2.04. The highest BCUT2D eigenvalue weighted by molar-refractivity contribution is 5.97. The van der Waals surface area contributed by atoms with Gasteiger partial charge in [-0.15, -0.1) is 0 Å². The standard InChI is InChI=1S/C31H45N5O2/c1-21(2)35-29(30(37)32-28(31(35)38)19-24-11-7-5-8-12-24)25-15-17-34(18-16-25)20-27-22(3)33-36(23(27)4)26-13-9-6-10-14-26/h6,9-10,13-14,21,24-25,28-29H,5,7-8,11-12,15-20H2,1-4H3,(H,32,37)/t28-,29?/m0/s1. The predicted molar refractivity (Wildman–Crippen MR) is 150 cm³/mol. The van der Waals surface area contributed by atoms with Crippen LogP contribution in [0.25, 0.3) is 5.69 Å². The molecule has 1 aromatic heterocycles. The Kier molecular flexibility index (Phi) is 8.22. The van der Waals surface area contributed by atoms with E-state index in [1.165, 1.54) is 43.4 Å². The number of amides is 2. The fourth-order valence-electron chi connectivity index (χ4n) is 7.07. The molecule has 38 heavy (non-hydrogen) atoms. The third-order valence-corrected chi connectivity index (χ3v) is 9.19. The molecule has 2 aromatic rings. The number of piperidine rings is 1. The van der Waals surface area contributed by atoms with Crippen molar-refractivity contribution < 1.29 is 9.59 Å². The molecule has 2 saturated heterocycles. The summed E-state index contributed by atoms with van der Waals surface area (Å²) in [7, 11) is 0. The fraction of sp³-hybridized carbons (Fsp3) is 0.645. The van der Waals surface area contributed by atoms with Gasteiger partial charge < -0.3 is 10.2 Å². The largest absolute Gasteiger partial charge is 0.342 e. The lowest BCUT2D eigenvalue weighted by Gasteiger charge is -2.47. The number of hydrogen-bond donors (Lipinski definition) is 1. The molecule has 206 valence electrons. The second-order valence-corrected chi connectivity index (χ2v) is 12.1. The van der Waals surface area contributed by atoms with Crippen LogP contribution in [-0.2, 0) is 16.1 Å². The van der Waals surface area contributed by atoms with Crippen LogP contribution < -0.4 is 5.32 Å². The molecule has 2 amide bonds. The monoisotopic (exact) mass is 519 g/mol. The van der Waals surface area contributed by atoms with E-state index in [-0.39, 0.29) is 35.9 Å². The van der Waals surface area contributed by atoms with Gasteiger partial charge in [-0.25, -0.2) is 4.68 Å². The number of para-hydroxylation sites is 1. The Morgan fingerprint density at radius 2 is 1.66 bits per heavy atom. The molecule has 2 atom stereocenters. The molecule has 2 aliphatic heterocycles. The Hall–Kier alpha value is -2.67. The molecule has 3 heterocycles. The van der Waals surface area contributed by atoms with Gasteiger partial charge in [0.25, 0.3) is 0 Å². The van der Waals surface area contributed by atoms with E-state index < -0.39 is 0 Å². The molecule has 1 N–H and O–H groups in total. The van der Waals surface area contributed by atoms with Crippen LogP contribution in [0.3, 0.4) is 0 Å². The van der Waals surface area contributed by atoms with Gasteiger partial charge in [0.1, 0.15) is 12.1 Å². The summed E-state index contributed by atoms with van der Waals surface area (Å²) in [4.78, 5) is 31.5. The van der Waals surface area contributed by atoms with Crippen molar-refractivity contribution in [3.05, 3.63) is 47.3 Å². The van der Waals surface area contributed by atoms with Crippen LogP contribution in [0.1, 0.15) is 82.2 Å². The average Bonchev–Trinajstić information content (AvgIpc) is 3.20. The fourth-order valence-corrected chi connectivity index (χ4v) is 7.07. The molecule has 0 bridgehead atoms. The topological polar surface area (TPSA) is 70.5 Å². The van der Waals surface area contributed by atoms with E-state index in [1.54, 1.807) is 0 Å². The maximum atomic E-state index is 13.6. The van der Waals surface area contributed by atoms with Gasteiger partial charge >= 0.3 is 0 Å². The number of likely N-dealkylation sites (tertiary alicyclic amines) is 1. The third-order valence-electron chi connectivity index (χ3n) is 9.19. The third kappa shape index (κ3) is 5.54. The van der Waals surface area contributed by atoms with Crippen molar-refractivity contribution in [2.24, 2.45) is 11.8 Å². The van der Waals surface area contributed by atoms with Crippen LogP contribution in [0.4, 0.5) is 0 Å². The smallest absolute Gasteiger partial charge is 0.246 e. The second-order valence-electron chi connectivity index (χ2n) is 12.1. The zero-order chi connectivity index (χ0) is 26.8. The second kappa shape index (κ2) is 11.6. The quantitative estimate of drug-likeness (QED) is 0.572. The number of rotatable bonds is 7. The number of benzene rings is 1. The summed E-state index contributed by atoms with van der Waals surface area (Å²) in [6.07, 6.45) is 8.82. The number of nitrogens with zero attached hydrogens (tertiary/aromatic N) is 4. The first-order valence-corrected chi connectivity index (χ1v) is 14.8. The molecule has 0 radical (unpaired) electrons. The minimum atomic E-state index is -0.351. The highest BCUT2D eigenvalue weighted by Crippen LogP contribution is 2.33. The first kappa shape index (κ1) is 26.9. The molecule has 1 aliphatic carbocycles. The van der Waals surface area contributed by atoms with Gasteiger partial charge in [0, 0.05) is 23.8 Å². The Morgan fingerprint density at radius 1 is 0.974 bits per heavy atom. The normalized spacial score (nSPS) is 24.3. The highest BCUT2D eigenvalue weighted by atomic mass is 16.2. The van der Waals surface area contributed by atoms with E-state index in [9.17, 15) is 9.59 Å². The molecule has 1 saturated carbocycles. The zero-order valence-electron chi connectivity index (χ0n) is 23.7. The van der Waals surface area contributed by atoms with Crippen molar-refractivity contribution in [1.29, 1.82) is 0 Å². The van der Waals surface area contributed by atoms with Crippen molar-refractivity contribution in [3.63, 3.8) is 0 Å². The SMILES string of the molecule is Cc1nn(-c2ccccc2)c(C)c1CN1CCC(C2C(=O)N[C@@H](CC3CCCCC3)C(=O)N2C(C)C)CC1. The van der Waals surface area contributed by atoms with Gasteiger partial charge in [0.15, 0.2) is 0 Å². The first-order chi connectivity index (χ1) is 18.3. The van der Waals surface area contributed by atoms with E-state index in [2.05, 4.69) is 50.0 Å². The van der Waals surface area contributed by atoms with Crippen LogP contribution in [0.15, 0.2) is 30.3 Å². The summed E-state index contributed by atoms with van der Waals surface area (Å²) in [5.74, 6) is 0.956. The number of aromatic nitrogens is 2. The van der Waals surface area contributed by atoms with E-state index in [1.807, 2.05) is 27.8 Å². The minimum absolute atomic E-state index is 0.0274. The summed E-state index contributed by atoms with van der Waals surface area (Å²) in [5, 5.41) is 8.00. The molecule has 3 aliphatic rings. The van der Waals surface area contributed by atoms with Gasteiger partial charge in [-0.05, 0) is 84.0 Å². The van der Waals surface area contributed by atoms with Crippen LogP contribution in [0.5, 0.6) is 0 Å². The van der Waals surface area contributed by atoms with Crippen LogP contribution in [0.2, 0.25) is 0 Å². The van der Waals surface area contributed by atoms with Crippen molar-refractivity contribution in [3.8, 4) is 5.69 Å². The number of carbonyl (C=O) groups is 2.